The van der Waals surface area contributed by atoms with Gasteiger partial charge in [0.05, 0.1) is 17.8 Å². The molecule has 0 N–H and O–H groups in total. The van der Waals surface area contributed by atoms with Crippen LogP contribution in [0.3, 0.4) is 0 Å². The minimum absolute atomic E-state index is 0.0367. The maximum absolute atomic E-state index is 11.8. The summed E-state index contributed by atoms with van der Waals surface area (Å²) >= 11 is 0. The zero-order valence-electron chi connectivity index (χ0n) is 11.0. The molecule has 0 aromatic carbocycles. The Morgan fingerprint density at radius 3 is 2.84 bits per heavy atom. The second kappa shape index (κ2) is 4.26. The fourth-order valence-electron chi connectivity index (χ4n) is 2.99. The van der Waals surface area contributed by atoms with Crippen molar-refractivity contribution in [1.82, 2.24) is 14.5 Å². The monoisotopic (exact) mass is 287 g/mol. The second-order valence-corrected chi connectivity index (χ2v) is 7.26. The number of rotatable bonds is 2. The van der Waals surface area contributed by atoms with Gasteiger partial charge in [0.1, 0.15) is 0 Å². The van der Waals surface area contributed by atoms with E-state index in [1.54, 1.807) is 6.92 Å². The van der Waals surface area contributed by atoms with Crippen LogP contribution in [0.5, 0.6) is 0 Å². The Hall–Kier alpha value is -0.990. The first-order chi connectivity index (χ1) is 8.92. The summed E-state index contributed by atoms with van der Waals surface area (Å²) in [7, 11) is -3.22. The maximum Gasteiger partial charge on any atom is 0.226 e. The molecule has 0 bridgehead atoms. The zero-order valence-corrected chi connectivity index (χ0v) is 11.8. The van der Waals surface area contributed by atoms with Gasteiger partial charge < -0.3 is 9.15 Å². The highest BCUT2D eigenvalue weighted by atomic mass is 32.2. The second-order valence-electron chi connectivity index (χ2n) is 5.28. The molecular formula is C11H17N3O4S. The summed E-state index contributed by atoms with van der Waals surface area (Å²) in [5, 5.41) is 7.97. The van der Waals surface area contributed by atoms with Gasteiger partial charge in [-0.3, -0.25) is 0 Å². The number of aryl methyl sites for hydroxylation is 1. The molecule has 0 saturated carbocycles. The van der Waals surface area contributed by atoms with Gasteiger partial charge in [0.25, 0.3) is 0 Å². The molecule has 0 amide bonds. The lowest BCUT2D eigenvalue weighted by Crippen LogP contribution is -2.54. The number of hydrogen-bond donors (Lipinski definition) is 0. The Bertz CT molecular complexity index is 585. The van der Waals surface area contributed by atoms with Crippen molar-refractivity contribution >= 4 is 10.0 Å². The van der Waals surface area contributed by atoms with E-state index < -0.39 is 15.4 Å². The normalized spacial score (nSPS) is 32.4. The van der Waals surface area contributed by atoms with Crippen molar-refractivity contribution in [3.63, 3.8) is 0 Å². The average molecular weight is 287 g/mol. The SMILES string of the molecule is Cc1nnc([C@]23CCO[C@H]2CCN(S(C)(=O)=O)C3)o1. The van der Waals surface area contributed by atoms with E-state index in [9.17, 15) is 8.42 Å². The quantitative estimate of drug-likeness (QED) is 0.765. The molecule has 2 fully saturated rings. The molecular weight excluding hydrogens is 270 g/mol. The molecule has 0 aliphatic carbocycles. The predicted octanol–water partition coefficient (Wildman–Crippen LogP) is 0.0700. The number of piperidine rings is 1. The first-order valence-corrected chi connectivity index (χ1v) is 8.14. The van der Waals surface area contributed by atoms with Crippen LogP contribution in [-0.2, 0) is 20.2 Å². The van der Waals surface area contributed by atoms with Crippen LogP contribution < -0.4 is 0 Å². The molecule has 0 radical (unpaired) electrons. The van der Waals surface area contributed by atoms with Crippen LogP contribution in [0, 0.1) is 6.92 Å². The number of fused-ring (bicyclic) bond motifs is 1. The van der Waals surface area contributed by atoms with Crippen molar-refractivity contribution in [3.05, 3.63) is 11.8 Å². The molecule has 7 nitrogen and oxygen atoms in total. The number of hydrogen-bond acceptors (Lipinski definition) is 6. The molecule has 1 aromatic heterocycles. The highest BCUT2D eigenvalue weighted by Crippen LogP contribution is 2.43. The number of ether oxygens (including phenoxy) is 1. The highest BCUT2D eigenvalue weighted by molar-refractivity contribution is 7.88. The van der Waals surface area contributed by atoms with Gasteiger partial charge in [0.2, 0.25) is 21.8 Å². The van der Waals surface area contributed by atoms with Crippen LogP contribution in [0.2, 0.25) is 0 Å². The van der Waals surface area contributed by atoms with Gasteiger partial charge in [0, 0.05) is 26.6 Å². The van der Waals surface area contributed by atoms with E-state index in [0.29, 0.717) is 44.3 Å². The molecule has 2 aliphatic heterocycles. The summed E-state index contributed by atoms with van der Waals surface area (Å²) in [6.07, 6.45) is 2.57. The van der Waals surface area contributed by atoms with Crippen LogP contribution >= 0.6 is 0 Å². The van der Waals surface area contributed by atoms with E-state index in [4.69, 9.17) is 9.15 Å². The van der Waals surface area contributed by atoms with Crippen molar-refractivity contribution in [3.8, 4) is 0 Å². The summed E-state index contributed by atoms with van der Waals surface area (Å²) < 4.78 is 36.3. The Morgan fingerprint density at radius 1 is 1.42 bits per heavy atom. The lowest BCUT2D eigenvalue weighted by molar-refractivity contribution is 0.0296. The van der Waals surface area contributed by atoms with Gasteiger partial charge in [-0.15, -0.1) is 10.2 Å². The molecule has 3 rings (SSSR count). The Kier molecular flexibility index (Phi) is 2.91. The van der Waals surface area contributed by atoms with Gasteiger partial charge in [-0.1, -0.05) is 0 Å². The standard InChI is InChI=1S/C11H17N3O4S/c1-8-12-13-10(18-8)11-4-6-17-9(11)3-5-14(7-11)19(2,15)16/h9H,3-7H2,1-2H3/t9-,11-/m0/s1. The van der Waals surface area contributed by atoms with Crippen LogP contribution in [0.4, 0.5) is 0 Å². The topological polar surface area (TPSA) is 85.5 Å². The Labute approximate surface area is 112 Å². The van der Waals surface area contributed by atoms with Gasteiger partial charge in [-0.25, -0.2) is 12.7 Å². The predicted molar refractivity (Wildman–Crippen MR) is 66.1 cm³/mol. The highest BCUT2D eigenvalue weighted by Gasteiger charge is 2.54. The summed E-state index contributed by atoms with van der Waals surface area (Å²) in [5.74, 6) is 0.993. The number of aromatic nitrogens is 2. The third-order valence-electron chi connectivity index (χ3n) is 4.00. The van der Waals surface area contributed by atoms with E-state index >= 15 is 0 Å². The molecule has 2 aliphatic rings. The zero-order chi connectivity index (χ0) is 13.7. The van der Waals surface area contributed by atoms with E-state index in [-0.39, 0.29) is 6.10 Å². The van der Waals surface area contributed by atoms with Crippen LogP contribution in [0.15, 0.2) is 4.42 Å². The third-order valence-corrected chi connectivity index (χ3v) is 5.25. The van der Waals surface area contributed by atoms with Crippen molar-refractivity contribution < 1.29 is 17.6 Å². The number of nitrogens with zero attached hydrogens (tertiary/aromatic N) is 3. The Balaban J connectivity index is 1.99. The van der Waals surface area contributed by atoms with Gasteiger partial charge >= 0.3 is 0 Å². The third kappa shape index (κ3) is 2.07. The molecule has 106 valence electrons. The van der Waals surface area contributed by atoms with Crippen molar-refractivity contribution in [2.24, 2.45) is 0 Å². The van der Waals surface area contributed by atoms with E-state index in [1.807, 2.05) is 0 Å². The lowest BCUT2D eigenvalue weighted by atomic mass is 9.77. The minimum atomic E-state index is -3.22. The maximum atomic E-state index is 11.8. The molecule has 0 unspecified atom stereocenters. The van der Waals surface area contributed by atoms with E-state index in [0.717, 1.165) is 0 Å². The average Bonchev–Trinajstić information content (AvgIpc) is 2.93. The first-order valence-electron chi connectivity index (χ1n) is 6.29. The fraction of sp³-hybridized carbons (Fsp3) is 0.818. The summed E-state index contributed by atoms with van der Waals surface area (Å²) in [5.41, 5.74) is -0.484. The first kappa shape index (κ1) is 13.0. The van der Waals surface area contributed by atoms with Gasteiger partial charge in [-0.2, -0.15) is 0 Å². The minimum Gasteiger partial charge on any atom is -0.425 e. The molecule has 8 heteroatoms. The van der Waals surface area contributed by atoms with Crippen molar-refractivity contribution in [2.75, 3.05) is 26.0 Å². The van der Waals surface area contributed by atoms with Crippen molar-refractivity contribution in [2.45, 2.75) is 31.3 Å². The van der Waals surface area contributed by atoms with Crippen LogP contribution in [0.25, 0.3) is 0 Å². The molecule has 2 atom stereocenters. The smallest absolute Gasteiger partial charge is 0.226 e. The van der Waals surface area contributed by atoms with E-state index in [2.05, 4.69) is 10.2 Å². The number of sulfonamides is 1. The van der Waals surface area contributed by atoms with Crippen LogP contribution in [-0.4, -0.2) is 55.0 Å². The summed E-state index contributed by atoms with van der Waals surface area (Å²) in [4.78, 5) is 0. The molecule has 2 saturated heterocycles. The largest absolute Gasteiger partial charge is 0.425 e. The molecule has 1 aromatic rings. The van der Waals surface area contributed by atoms with Crippen molar-refractivity contribution in [1.29, 1.82) is 0 Å². The fourth-order valence-corrected chi connectivity index (χ4v) is 3.89. The van der Waals surface area contributed by atoms with Crippen LogP contribution in [0.1, 0.15) is 24.6 Å². The Morgan fingerprint density at radius 2 is 2.21 bits per heavy atom. The summed E-state index contributed by atoms with van der Waals surface area (Å²) in [6.45, 7) is 3.18. The van der Waals surface area contributed by atoms with Gasteiger partial charge in [-0.05, 0) is 12.8 Å². The molecule has 3 heterocycles. The molecule has 0 spiro atoms. The van der Waals surface area contributed by atoms with Gasteiger partial charge in [0.15, 0.2) is 0 Å². The lowest BCUT2D eigenvalue weighted by Gasteiger charge is -2.40. The summed E-state index contributed by atoms with van der Waals surface area (Å²) in [6, 6.07) is 0. The van der Waals surface area contributed by atoms with E-state index in [1.165, 1.54) is 10.6 Å². The molecule has 19 heavy (non-hydrogen) atoms.